The van der Waals surface area contributed by atoms with Gasteiger partial charge >= 0.3 is 11.9 Å². The van der Waals surface area contributed by atoms with E-state index in [-0.39, 0.29) is 36.6 Å². The van der Waals surface area contributed by atoms with Gasteiger partial charge in [-0.15, -0.1) is 0 Å². The van der Waals surface area contributed by atoms with Crippen molar-refractivity contribution in [3.8, 4) is 0 Å². The largest absolute Gasteiger partial charge is 0.469 e. The average molecular weight is 621 g/mol. The van der Waals surface area contributed by atoms with E-state index in [0.717, 1.165) is 0 Å². The minimum absolute atomic E-state index is 0.0718. The molecule has 45 heavy (non-hydrogen) atoms. The van der Waals surface area contributed by atoms with E-state index in [1.54, 1.807) is 64.1 Å². The third-order valence-electron chi connectivity index (χ3n) is 11.2. The van der Waals surface area contributed by atoms with Crippen LogP contribution in [0.2, 0.25) is 0 Å². The van der Waals surface area contributed by atoms with Gasteiger partial charge in [0.1, 0.15) is 35.0 Å². The fourth-order valence-electron chi connectivity index (χ4n) is 8.20. The van der Waals surface area contributed by atoms with Gasteiger partial charge in [0.15, 0.2) is 6.10 Å². The molecule has 2 radical (unpaired) electrons. The molecule has 2 saturated carbocycles. The highest BCUT2D eigenvalue weighted by molar-refractivity contribution is 5.90. The summed E-state index contributed by atoms with van der Waals surface area (Å²) < 4.78 is 23.1. The van der Waals surface area contributed by atoms with Crippen molar-refractivity contribution in [3.63, 3.8) is 0 Å². The Morgan fingerprint density at radius 1 is 1.07 bits per heavy atom. The fourth-order valence-corrected chi connectivity index (χ4v) is 8.20. The first-order chi connectivity index (χ1) is 21.1. The molecule has 3 N–H and O–H groups in total. The maximum atomic E-state index is 14.4. The number of esters is 2. The molecule has 0 spiro atoms. The van der Waals surface area contributed by atoms with Gasteiger partial charge in [-0.2, -0.15) is 0 Å². The Bertz CT molecular complexity index is 1510. The number of furan rings is 1. The monoisotopic (exact) mass is 620 g/mol. The highest BCUT2D eigenvalue weighted by Gasteiger charge is 2.73. The maximum absolute atomic E-state index is 14.4. The molecule has 4 aliphatic rings. The number of carbonyl (C=O) groups is 3. The van der Waals surface area contributed by atoms with Gasteiger partial charge in [0.2, 0.25) is 0 Å². The minimum Gasteiger partial charge on any atom is -0.469 e. The first kappa shape index (κ1) is 31.7. The normalized spacial score (nSPS) is 36.8. The van der Waals surface area contributed by atoms with E-state index in [1.165, 1.54) is 12.3 Å². The summed E-state index contributed by atoms with van der Waals surface area (Å²) in [5.74, 6) is -4.00. The number of aliphatic hydroxyl groups excluding tert-OH is 1. The molecule has 3 fully saturated rings. The summed E-state index contributed by atoms with van der Waals surface area (Å²) >= 11 is 0. The Balaban J connectivity index is 1.45. The predicted octanol–water partition coefficient (Wildman–Crippen LogP) is 3.57. The number of aliphatic hydroxyl groups is 3. The number of ether oxygens (including phenoxy) is 3. The lowest BCUT2D eigenvalue weighted by molar-refractivity contribution is -0.328. The zero-order valence-electron chi connectivity index (χ0n) is 25.9. The van der Waals surface area contributed by atoms with E-state index in [2.05, 4.69) is 0 Å². The van der Waals surface area contributed by atoms with Crippen LogP contribution in [0.3, 0.4) is 0 Å². The van der Waals surface area contributed by atoms with E-state index < -0.39 is 70.2 Å². The molecule has 2 bridgehead atoms. The molecule has 2 aromatic rings. The standard InChI is InChI=1S/C35H40O10/c1-19-22-16-25(36)33(5)14-13-26-34(40,18-43-26)28(33)29(45-30(38)21-10-7-6-8-11-21)35(41,32(22,3)4)17-24(19)44-31(39)27(37)20(2)23-12-9-15-42-23/h2,6-12,15,20,24,26-29,37,40-41H,13-14,16-18H2,1,3-5H3/t20?,24?,26?,27?,28?,29?,33-,34?,35?/m0/s1. The van der Waals surface area contributed by atoms with Crippen LogP contribution in [0.4, 0.5) is 0 Å². The molecular formula is C35H40O10. The number of rotatable bonds is 6. The quantitative estimate of drug-likeness (QED) is 0.323. The molecule has 1 aromatic carbocycles. The van der Waals surface area contributed by atoms with Crippen LogP contribution in [-0.4, -0.2) is 75.3 Å². The van der Waals surface area contributed by atoms with Crippen LogP contribution in [0.1, 0.15) is 75.4 Å². The molecule has 1 aromatic heterocycles. The van der Waals surface area contributed by atoms with Crippen molar-refractivity contribution in [2.45, 2.75) is 94.9 Å². The summed E-state index contributed by atoms with van der Waals surface area (Å²) in [6.07, 6.45) is -3.05. The molecule has 9 atom stereocenters. The van der Waals surface area contributed by atoms with Crippen molar-refractivity contribution >= 4 is 17.7 Å². The molecule has 3 aliphatic carbocycles. The molecule has 1 aliphatic heterocycles. The number of carbonyl (C=O) groups excluding carboxylic acids is 3. The van der Waals surface area contributed by atoms with Crippen molar-refractivity contribution in [2.75, 3.05) is 6.61 Å². The third kappa shape index (κ3) is 4.71. The van der Waals surface area contributed by atoms with Crippen molar-refractivity contribution < 1.29 is 48.3 Å². The summed E-state index contributed by atoms with van der Waals surface area (Å²) in [6.45, 7) is 13.0. The lowest BCUT2D eigenvalue weighted by atomic mass is 9.46. The van der Waals surface area contributed by atoms with Crippen LogP contribution < -0.4 is 0 Å². The van der Waals surface area contributed by atoms with Gasteiger partial charge in [0.25, 0.3) is 0 Å². The molecular weight excluding hydrogens is 580 g/mol. The lowest BCUT2D eigenvalue weighted by Gasteiger charge is -2.65. The van der Waals surface area contributed by atoms with Gasteiger partial charge in [-0.25, -0.2) is 9.59 Å². The van der Waals surface area contributed by atoms with E-state index in [0.29, 0.717) is 24.0 Å². The Hall–Kier alpha value is -3.31. The van der Waals surface area contributed by atoms with Gasteiger partial charge < -0.3 is 33.9 Å². The summed E-state index contributed by atoms with van der Waals surface area (Å²) in [5.41, 5.74) is -4.49. The number of ketones is 1. The third-order valence-corrected chi connectivity index (χ3v) is 11.2. The molecule has 8 unspecified atom stereocenters. The van der Waals surface area contributed by atoms with Gasteiger partial charge in [-0.05, 0) is 56.5 Å². The second kappa shape index (κ2) is 10.9. The Morgan fingerprint density at radius 3 is 2.40 bits per heavy atom. The van der Waals surface area contributed by atoms with E-state index in [1.807, 2.05) is 0 Å². The Labute approximate surface area is 262 Å². The second-order valence-electron chi connectivity index (χ2n) is 13.8. The van der Waals surface area contributed by atoms with Crippen LogP contribution >= 0.6 is 0 Å². The zero-order valence-corrected chi connectivity index (χ0v) is 25.9. The van der Waals surface area contributed by atoms with Crippen molar-refractivity contribution in [1.82, 2.24) is 0 Å². The maximum Gasteiger partial charge on any atom is 0.338 e. The summed E-state index contributed by atoms with van der Waals surface area (Å²) in [7, 11) is 0. The minimum atomic E-state index is -1.94. The number of benzene rings is 1. The highest BCUT2D eigenvalue weighted by Crippen LogP contribution is 2.63. The van der Waals surface area contributed by atoms with E-state index >= 15 is 0 Å². The lowest BCUT2D eigenvalue weighted by Crippen LogP contribution is -2.77. The molecule has 6 rings (SSSR count). The number of hydrogen-bond acceptors (Lipinski definition) is 10. The van der Waals surface area contributed by atoms with Crippen molar-refractivity contribution in [2.24, 2.45) is 16.7 Å². The summed E-state index contributed by atoms with van der Waals surface area (Å²) in [6, 6.07) is 11.4. The van der Waals surface area contributed by atoms with E-state index in [9.17, 15) is 29.7 Å². The summed E-state index contributed by atoms with van der Waals surface area (Å²) in [4.78, 5) is 41.3. The first-order valence-electron chi connectivity index (χ1n) is 15.4. The van der Waals surface area contributed by atoms with Gasteiger partial charge in [0.05, 0.1) is 30.5 Å². The SMILES string of the molecule is [CH]C(c1ccco1)C(O)C(=O)OC1CC2(O)C(OC(=O)c3ccccc3)C3C4(O)COC4CC[C@@]3(C)C(=O)CC(=C1C)C2(C)C. The van der Waals surface area contributed by atoms with Crippen LogP contribution in [-0.2, 0) is 23.8 Å². The smallest absolute Gasteiger partial charge is 0.338 e. The van der Waals surface area contributed by atoms with E-state index in [4.69, 9.17) is 25.6 Å². The molecule has 1 saturated heterocycles. The van der Waals surface area contributed by atoms with Gasteiger partial charge in [-0.3, -0.25) is 4.79 Å². The van der Waals surface area contributed by atoms with Crippen molar-refractivity contribution in [3.05, 3.63) is 78.1 Å². The summed E-state index contributed by atoms with van der Waals surface area (Å²) in [5, 5.41) is 35.9. The number of Topliss-reactive ketones (excluding diaryl/α,β-unsaturated/α-hetero) is 1. The average Bonchev–Trinajstić information content (AvgIpc) is 3.55. The van der Waals surface area contributed by atoms with Crippen molar-refractivity contribution in [1.29, 1.82) is 0 Å². The second-order valence-corrected chi connectivity index (χ2v) is 13.8. The Kier molecular flexibility index (Phi) is 7.67. The molecule has 10 heteroatoms. The molecule has 0 amide bonds. The van der Waals surface area contributed by atoms with Crippen LogP contribution in [0, 0.1) is 23.7 Å². The van der Waals surface area contributed by atoms with Gasteiger partial charge in [-0.1, -0.05) is 44.5 Å². The molecule has 2 heterocycles. The highest BCUT2D eigenvalue weighted by atomic mass is 16.6. The topological polar surface area (TPSA) is 153 Å². The zero-order chi connectivity index (χ0) is 32.5. The molecule has 10 nitrogen and oxygen atoms in total. The van der Waals surface area contributed by atoms with Gasteiger partial charge in [0, 0.05) is 29.6 Å². The number of hydrogen-bond donors (Lipinski definition) is 3. The Morgan fingerprint density at radius 2 is 1.78 bits per heavy atom. The number of fused-ring (bicyclic) bond motifs is 5. The van der Waals surface area contributed by atoms with Crippen LogP contribution in [0.25, 0.3) is 0 Å². The van der Waals surface area contributed by atoms with Crippen LogP contribution in [0.15, 0.2) is 64.3 Å². The first-order valence-corrected chi connectivity index (χ1v) is 15.4. The predicted molar refractivity (Wildman–Crippen MR) is 158 cm³/mol. The fraction of sp³-hybridized carbons (Fsp3) is 0.543. The molecule has 240 valence electrons. The van der Waals surface area contributed by atoms with Crippen LogP contribution in [0.5, 0.6) is 0 Å².